The van der Waals surface area contributed by atoms with Crippen LogP contribution in [-0.2, 0) is 39.1 Å². The van der Waals surface area contributed by atoms with Crippen LogP contribution in [0.25, 0.3) is 10.7 Å². The Hall–Kier alpha value is -3.14. The maximum absolute atomic E-state index is 13.1. The fourth-order valence-electron chi connectivity index (χ4n) is 4.74. The van der Waals surface area contributed by atoms with Crippen molar-refractivity contribution in [1.82, 2.24) is 5.32 Å². The summed E-state index contributed by atoms with van der Waals surface area (Å²) in [5, 5.41) is 31.2. The quantitative estimate of drug-likeness (QED) is 0.233. The minimum Gasteiger partial charge on any atom is -0.458 e. The Morgan fingerprint density at radius 2 is 1.86 bits per heavy atom. The van der Waals surface area contributed by atoms with E-state index in [1.807, 2.05) is 48.6 Å². The van der Waals surface area contributed by atoms with E-state index in [2.05, 4.69) is 45.8 Å². The molecule has 1 aliphatic heterocycles. The Labute approximate surface area is 280 Å². The summed E-state index contributed by atoms with van der Waals surface area (Å²) in [5.41, 5.74) is 5.41. The van der Waals surface area contributed by atoms with E-state index in [0.717, 1.165) is 42.9 Å². The number of aliphatic hydroxyl groups is 1. The third-order valence-corrected chi connectivity index (χ3v) is 7.21. The van der Waals surface area contributed by atoms with Crippen molar-refractivity contribution in [3.8, 4) is 0 Å². The molecule has 1 saturated carbocycles. The number of carbonyl (C=O) groups is 1. The van der Waals surface area contributed by atoms with Gasteiger partial charge in [0.05, 0.1) is 13.8 Å². The van der Waals surface area contributed by atoms with Gasteiger partial charge < -0.3 is 36.4 Å². The van der Waals surface area contributed by atoms with E-state index in [1.54, 1.807) is 13.1 Å². The molecule has 1 radical (unpaired) electrons. The fraction of sp³-hybridized carbons (Fsp3) is 0.364. The van der Waals surface area contributed by atoms with Gasteiger partial charge in [-0.15, -0.1) is 0 Å². The molecule has 0 aromatic heterocycles. The van der Waals surface area contributed by atoms with Crippen LogP contribution < -0.4 is 15.5 Å². The molecule has 0 atom stereocenters. The van der Waals surface area contributed by atoms with E-state index in [9.17, 15) is 19.7 Å². The number of hydrogen-bond donors (Lipinski definition) is 3. The molecule has 3 N–H and O–H groups in total. The van der Waals surface area contributed by atoms with Crippen molar-refractivity contribution < 1.29 is 47.0 Å². The Kier molecular flexibility index (Phi) is 15.5. The number of nitrogens with one attached hydrogen (secondary N) is 2. The molecule has 43 heavy (non-hydrogen) atoms. The van der Waals surface area contributed by atoms with Crippen molar-refractivity contribution in [3.63, 3.8) is 0 Å². The number of fused-ring (bicyclic) bond motifs is 1. The van der Waals surface area contributed by atoms with Crippen molar-refractivity contribution in [1.29, 1.82) is 0 Å². The van der Waals surface area contributed by atoms with Gasteiger partial charge in [0.2, 0.25) is 0 Å². The molecule has 4 rings (SSSR count). The number of guanidine groups is 1. The number of amides is 1. The summed E-state index contributed by atoms with van der Waals surface area (Å²) in [5.74, 6) is 0.218. The van der Waals surface area contributed by atoms with Gasteiger partial charge in [0.15, 0.2) is 0 Å². The number of benzene rings is 2. The molecule has 8 nitrogen and oxygen atoms in total. The molecule has 0 spiro atoms. The Morgan fingerprint density at radius 1 is 1.16 bits per heavy atom. The molecule has 0 bridgehead atoms. The van der Waals surface area contributed by atoms with Crippen molar-refractivity contribution in [2.75, 3.05) is 44.1 Å². The van der Waals surface area contributed by atoms with Crippen LogP contribution in [0, 0.1) is 0 Å². The number of carbonyl (C=O) groups excluding carboxylic acids is 1. The zero-order chi connectivity index (χ0) is 30.5. The van der Waals surface area contributed by atoms with Gasteiger partial charge >= 0.3 is 0 Å². The van der Waals surface area contributed by atoms with Gasteiger partial charge in [0, 0.05) is 74.8 Å². The number of alkyl halides is 1. The predicted octanol–water partition coefficient (Wildman–Crippen LogP) is 6.47. The molecule has 0 saturated heterocycles. The van der Waals surface area contributed by atoms with E-state index < -0.39 is 6.61 Å². The molecule has 227 valence electrons. The minimum atomic E-state index is -0.411. The number of halogens is 1. The monoisotopic (exact) mass is 661 g/mol. The van der Waals surface area contributed by atoms with E-state index in [1.165, 1.54) is 24.6 Å². The second-order valence-corrected chi connectivity index (χ2v) is 9.87. The minimum absolute atomic E-state index is 0. The Balaban J connectivity index is 0.00000211. The topological polar surface area (TPSA) is 113 Å². The molecule has 2 aliphatic rings. The number of amidine groups is 1. The standard InChI is InChI=1S/C32H39N6O2.CH3F.Y/c1-4-38(5-2)27-16-14-26(15-17-27)36-32(34-3)37-30(33)28-10-8-6-7-9-24-19-23(22-11-12-22)13-18-29(24)31(40)35-20-25(28)21-39;1-2;/h6,8,10,13-20,22,39H,4-5,7,9,11-12,21H2,1-3H3,(H3-,33,34,35,36,37,40);1H3;/q-1;;/p-1/b8-6-,25-20+,28-10+;;. The number of rotatable bonds is 7. The summed E-state index contributed by atoms with van der Waals surface area (Å²) >= 11 is 0. The van der Waals surface area contributed by atoms with Gasteiger partial charge in [-0.2, -0.15) is 0 Å². The summed E-state index contributed by atoms with van der Waals surface area (Å²) < 4.78 is 9.50. The maximum atomic E-state index is 13.1. The van der Waals surface area contributed by atoms with E-state index >= 15 is 0 Å². The van der Waals surface area contributed by atoms with Crippen LogP contribution in [-0.4, -0.2) is 56.7 Å². The van der Waals surface area contributed by atoms with E-state index in [0.29, 0.717) is 24.2 Å². The second-order valence-electron chi connectivity index (χ2n) is 9.87. The van der Waals surface area contributed by atoms with Crippen LogP contribution in [0.5, 0.6) is 0 Å². The number of aryl methyl sites for hydroxylation is 1. The van der Waals surface area contributed by atoms with Crippen molar-refractivity contribution in [3.05, 3.63) is 105 Å². The van der Waals surface area contributed by atoms with Gasteiger partial charge in [-0.05, 0) is 98.9 Å². The van der Waals surface area contributed by atoms with Gasteiger partial charge in [0.25, 0.3) is 5.91 Å². The van der Waals surface area contributed by atoms with Crippen LogP contribution in [0.2, 0.25) is 0 Å². The first-order valence-corrected chi connectivity index (χ1v) is 14.3. The smallest absolute Gasteiger partial charge is 0.255 e. The third-order valence-electron chi connectivity index (χ3n) is 7.21. The number of hydrogen-bond acceptors (Lipinski definition) is 3. The molecule has 1 heterocycles. The average molecular weight is 662 g/mol. The normalized spacial score (nSPS) is 18.2. The first-order chi connectivity index (χ1) is 20.5. The Bertz CT molecular complexity index is 1350. The largest absolute Gasteiger partial charge is 0.458 e. The van der Waals surface area contributed by atoms with Crippen LogP contribution in [0.4, 0.5) is 15.8 Å². The summed E-state index contributed by atoms with van der Waals surface area (Å²) in [7, 11) is 2.08. The first-order valence-electron chi connectivity index (χ1n) is 14.3. The molecule has 1 amide bonds. The molecule has 10 heteroatoms. The average Bonchev–Trinajstić information content (AvgIpc) is 3.87. The van der Waals surface area contributed by atoms with Crippen LogP contribution >= 0.6 is 0 Å². The number of aliphatic hydroxyl groups excluding tert-OH is 1. The van der Waals surface area contributed by atoms with Gasteiger partial charge in [-0.25, -0.2) is 0 Å². The number of aliphatic imine (C=N–C) groups is 1. The molecular formula is C33H41FN6O2Y-2. The second kappa shape index (κ2) is 18.5. The van der Waals surface area contributed by atoms with Gasteiger partial charge in [0.1, 0.15) is 0 Å². The van der Waals surface area contributed by atoms with Crippen molar-refractivity contribution in [2.45, 2.75) is 45.4 Å². The summed E-state index contributed by atoms with van der Waals surface area (Å²) in [6.07, 6.45) is 10.8. The zero-order valence-corrected chi connectivity index (χ0v) is 28.3. The molecule has 2 aromatic carbocycles. The summed E-state index contributed by atoms with van der Waals surface area (Å²) in [4.78, 5) is 19.6. The predicted molar refractivity (Wildman–Crippen MR) is 172 cm³/mol. The van der Waals surface area contributed by atoms with Gasteiger partial charge in [-0.3, -0.25) is 9.18 Å². The zero-order valence-electron chi connectivity index (χ0n) is 25.5. The van der Waals surface area contributed by atoms with E-state index in [-0.39, 0.29) is 56.0 Å². The number of nitrogens with zero attached hydrogens (tertiary/aromatic N) is 4. The van der Waals surface area contributed by atoms with Gasteiger partial charge in [-0.1, -0.05) is 42.5 Å². The van der Waals surface area contributed by atoms with Crippen molar-refractivity contribution >= 4 is 29.1 Å². The summed E-state index contributed by atoms with van der Waals surface area (Å²) in [6, 6.07) is 14.0. The van der Waals surface area contributed by atoms with Crippen molar-refractivity contribution in [2.24, 2.45) is 4.99 Å². The SMILES string of the molecule is CCN(CC)c1ccc(NC(=NC(=[N-])C2=C/C=C\CCc3cc(C4CC4)ccc3C(=O)N\C=C\2CO)[N-]C)cc1.CF.[Y]. The molecule has 2 aromatic rings. The Morgan fingerprint density at radius 3 is 2.47 bits per heavy atom. The van der Waals surface area contributed by atoms with E-state index in [4.69, 9.17) is 0 Å². The molecule has 0 unspecified atom stereocenters. The molecule has 1 aliphatic carbocycles. The first kappa shape index (κ1) is 36.1. The third kappa shape index (κ3) is 10.2. The number of allylic oxidation sites excluding steroid dienone is 3. The summed E-state index contributed by atoms with van der Waals surface area (Å²) in [6.45, 7) is 5.66. The maximum Gasteiger partial charge on any atom is 0.255 e. The molecular weight excluding hydrogens is 620 g/mol. The van der Waals surface area contributed by atoms with Crippen LogP contribution in [0.15, 0.2) is 83.0 Å². The molecule has 1 fully saturated rings. The fourth-order valence-corrected chi connectivity index (χ4v) is 4.74. The van der Waals surface area contributed by atoms with Crippen LogP contribution in [0.1, 0.15) is 60.5 Å². The van der Waals surface area contributed by atoms with Crippen LogP contribution in [0.3, 0.4) is 0 Å². The number of anilines is 2.